The highest BCUT2D eigenvalue weighted by atomic mass is 35.5. The quantitative estimate of drug-likeness (QED) is 0.604. The van der Waals surface area contributed by atoms with Gasteiger partial charge in [0.15, 0.2) is 5.78 Å². The van der Waals surface area contributed by atoms with E-state index in [2.05, 4.69) is 5.32 Å². The van der Waals surface area contributed by atoms with E-state index in [0.717, 1.165) is 0 Å². The predicted octanol–water partition coefficient (Wildman–Crippen LogP) is 1.33. The predicted molar refractivity (Wildman–Crippen MR) is 82.1 cm³/mol. The Hall–Kier alpha value is -1.98. The summed E-state index contributed by atoms with van der Waals surface area (Å²) >= 11 is 6.03. The molecule has 0 heterocycles. The lowest BCUT2D eigenvalue weighted by molar-refractivity contribution is -0.117. The van der Waals surface area contributed by atoms with E-state index in [1.807, 2.05) is 6.08 Å². The average molecular weight is 322 g/mol. The fraction of sp³-hybridized carbons (Fsp3) is 0.312. The van der Waals surface area contributed by atoms with Crippen LogP contribution in [-0.4, -0.2) is 35.7 Å². The van der Waals surface area contributed by atoms with Crippen LogP contribution >= 0.6 is 11.6 Å². The third kappa shape index (κ3) is 3.10. The maximum Gasteiger partial charge on any atom is 0.247 e. The largest absolute Gasteiger partial charge is 0.395 e. The van der Waals surface area contributed by atoms with E-state index >= 15 is 0 Å². The van der Waals surface area contributed by atoms with Crippen molar-refractivity contribution in [1.29, 1.82) is 0 Å². The molecule has 2 N–H and O–H groups in total. The first kappa shape index (κ1) is 16.4. The van der Waals surface area contributed by atoms with Crippen molar-refractivity contribution in [2.45, 2.75) is 19.8 Å². The lowest BCUT2D eigenvalue weighted by Gasteiger charge is -2.20. The highest BCUT2D eigenvalue weighted by molar-refractivity contribution is 6.50. The van der Waals surface area contributed by atoms with Crippen molar-refractivity contribution >= 4 is 29.1 Å². The first-order chi connectivity index (χ1) is 10.5. The zero-order chi connectivity index (χ0) is 16.3. The van der Waals surface area contributed by atoms with E-state index in [4.69, 9.17) is 16.7 Å². The first-order valence-corrected chi connectivity index (χ1v) is 7.31. The van der Waals surface area contributed by atoms with Crippen molar-refractivity contribution in [2.24, 2.45) is 0 Å². The summed E-state index contributed by atoms with van der Waals surface area (Å²) in [5.41, 5.74) is 1.10. The van der Waals surface area contributed by atoms with Crippen LogP contribution in [0, 0.1) is 0 Å². The van der Waals surface area contributed by atoms with Crippen LogP contribution in [0.5, 0.6) is 0 Å². The molecular formula is C16H16ClNO4. The van der Waals surface area contributed by atoms with Gasteiger partial charge in [-0.3, -0.25) is 14.4 Å². The van der Waals surface area contributed by atoms with Crippen molar-refractivity contribution in [2.75, 3.05) is 13.2 Å². The molecule has 2 rings (SSSR count). The number of allylic oxidation sites excluding steroid dienone is 7. The van der Waals surface area contributed by atoms with Crippen LogP contribution in [0.1, 0.15) is 19.8 Å². The molecule has 2 aliphatic carbocycles. The summed E-state index contributed by atoms with van der Waals surface area (Å²) in [4.78, 5) is 36.5. The molecular weight excluding hydrogens is 306 g/mol. The number of halogens is 1. The number of amides is 1. The molecule has 5 nitrogen and oxygen atoms in total. The van der Waals surface area contributed by atoms with Gasteiger partial charge in [-0.15, -0.1) is 0 Å². The Balaban J connectivity index is 2.33. The minimum atomic E-state index is -0.422. The summed E-state index contributed by atoms with van der Waals surface area (Å²) < 4.78 is 0. The van der Waals surface area contributed by atoms with E-state index in [1.165, 1.54) is 13.0 Å². The van der Waals surface area contributed by atoms with Gasteiger partial charge in [-0.2, -0.15) is 0 Å². The van der Waals surface area contributed by atoms with Crippen molar-refractivity contribution in [3.63, 3.8) is 0 Å². The minimum Gasteiger partial charge on any atom is -0.395 e. The van der Waals surface area contributed by atoms with Crippen LogP contribution in [0.15, 0.2) is 45.6 Å². The lowest BCUT2D eigenvalue weighted by atomic mass is 9.83. The van der Waals surface area contributed by atoms with Crippen LogP contribution in [0.25, 0.3) is 0 Å². The lowest BCUT2D eigenvalue weighted by Crippen LogP contribution is -2.28. The maximum absolute atomic E-state index is 12.5. The molecule has 0 spiro atoms. The Labute approximate surface area is 133 Å². The first-order valence-electron chi connectivity index (χ1n) is 6.93. The Morgan fingerprint density at radius 2 is 2.14 bits per heavy atom. The minimum absolute atomic E-state index is 0.0531. The van der Waals surface area contributed by atoms with Crippen molar-refractivity contribution in [3.8, 4) is 0 Å². The summed E-state index contributed by atoms with van der Waals surface area (Å²) in [6.45, 7) is 1.46. The number of ketones is 2. The Bertz CT molecular complexity index is 668. The van der Waals surface area contributed by atoms with E-state index in [9.17, 15) is 14.4 Å². The SMILES string of the molecule is C/C(=C\C1=C(Cl)C(=O)C2=C(CCC=C2)C1=O)C(=O)NCCO. The highest BCUT2D eigenvalue weighted by Crippen LogP contribution is 2.33. The van der Waals surface area contributed by atoms with E-state index in [1.54, 1.807) is 6.08 Å². The highest BCUT2D eigenvalue weighted by Gasteiger charge is 2.32. The van der Waals surface area contributed by atoms with Gasteiger partial charge in [0.2, 0.25) is 11.7 Å². The van der Waals surface area contributed by atoms with Gasteiger partial charge in [-0.1, -0.05) is 23.8 Å². The van der Waals surface area contributed by atoms with Crippen LogP contribution in [0.4, 0.5) is 0 Å². The summed E-state index contributed by atoms with van der Waals surface area (Å²) in [5.74, 6) is -1.12. The van der Waals surface area contributed by atoms with Crippen molar-refractivity contribution < 1.29 is 19.5 Å². The molecule has 0 aliphatic heterocycles. The molecule has 0 saturated carbocycles. The molecule has 0 aromatic heterocycles. The molecule has 2 aliphatic rings. The number of nitrogens with one attached hydrogen (secondary N) is 1. The summed E-state index contributed by atoms with van der Waals surface area (Å²) in [6.07, 6.45) is 5.98. The third-order valence-electron chi connectivity index (χ3n) is 3.49. The van der Waals surface area contributed by atoms with Gasteiger partial charge in [-0.05, 0) is 25.8 Å². The smallest absolute Gasteiger partial charge is 0.247 e. The number of carbonyl (C=O) groups is 3. The van der Waals surface area contributed by atoms with Gasteiger partial charge < -0.3 is 10.4 Å². The zero-order valence-electron chi connectivity index (χ0n) is 12.1. The monoisotopic (exact) mass is 321 g/mol. The Morgan fingerprint density at radius 3 is 2.82 bits per heavy atom. The average Bonchev–Trinajstić information content (AvgIpc) is 2.54. The van der Waals surface area contributed by atoms with Crippen molar-refractivity contribution in [1.82, 2.24) is 5.32 Å². The Kier molecular flexibility index (Phi) is 5.11. The molecule has 0 saturated heterocycles. The van der Waals surface area contributed by atoms with Gasteiger partial charge in [0.1, 0.15) is 0 Å². The maximum atomic E-state index is 12.5. The molecule has 0 unspecified atom stereocenters. The summed E-state index contributed by atoms with van der Waals surface area (Å²) in [7, 11) is 0. The molecule has 116 valence electrons. The third-order valence-corrected chi connectivity index (χ3v) is 3.86. The van der Waals surface area contributed by atoms with E-state index in [-0.39, 0.29) is 40.9 Å². The van der Waals surface area contributed by atoms with Crippen LogP contribution in [-0.2, 0) is 14.4 Å². The van der Waals surface area contributed by atoms with E-state index in [0.29, 0.717) is 24.0 Å². The Morgan fingerprint density at radius 1 is 1.41 bits per heavy atom. The fourth-order valence-corrected chi connectivity index (χ4v) is 2.58. The molecule has 0 fully saturated rings. The van der Waals surface area contributed by atoms with Gasteiger partial charge >= 0.3 is 0 Å². The topological polar surface area (TPSA) is 83.5 Å². The standard InChI is InChI=1S/C16H16ClNO4/c1-9(16(22)18-6-7-19)8-12-13(17)15(21)11-5-3-2-4-10(11)14(12)20/h3,5,8,19H,2,4,6-7H2,1H3,(H,18,22)/b9-8+. The number of aliphatic hydroxyl groups excluding tert-OH is 1. The zero-order valence-corrected chi connectivity index (χ0v) is 12.9. The number of hydrogen-bond acceptors (Lipinski definition) is 4. The number of hydrogen-bond donors (Lipinski definition) is 2. The number of aliphatic hydroxyl groups is 1. The molecule has 0 aromatic carbocycles. The second-order valence-electron chi connectivity index (χ2n) is 5.03. The van der Waals surface area contributed by atoms with E-state index < -0.39 is 5.91 Å². The summed E-state index contributed by atoms with van der Waals surface area (Å²) in [5, 5.41) is 11.0. The molecule has 0 radical (unpaired) electrons. The van der Waals surface area contributed by atoms with Crippen LogP contribution in [0.3, 0.4) is 0 Å². The number of rotatable bonds is 4. The molecule has 6 heteroatoms. The second-order valence-corrected chi connectivity index (χ2v) is 5.40. The van der Waals surface area contributed by atoms with Crippen LogP contribution < -0.4 is 5.32 Å². The van der Waals surface area contributed by atoms with Gasteiger partial charge in [0, 0.05) is 28.8 Å². The fourth-order valence-electron chi connectivity index (χ4n) is 2.34. The molecule has 22 heavy (non-hydrogen) atoms. The van der Waals surface area contributed by atoms with Gasteiger partial charge in [0.05, 0.1) is 11.6 Å². The van der Waals surface area contributed by atoms with Gasteiger partial charge in [0.25, 0.3) is 0 Å². The normalized spacial score (nSPS) is 18.8. The molecule has 0 bridgehead atoms. The molecule has 0 aromatic rings. The van der Waals surface area contributed by atoms with Crippen LogP contribution in [0.2, 0.25) is 0 Å². The number of Topliss-reactive ketones (excluding diaryl/α,β-unsaturated/α-hetero) is 2. The summed E-state index contributed by atoms with van der Waals surface area (Å²) in [6, 6.07) is 0. The number of carbonyl (C=O) groups excluding carboxylic acids is 3. The molecule has 0 atom stereocenters. The van der Waals surface area contributed by atoms with Gasteiger partial charge in [-0.25, -0.2) is 0 Å². The van der Waals surface area contributed by atoms with Crippen molar-refractivity contribution in [3.05, 3.63) is 45.6 Å². The second kappa shape index (κ2) is 6.85. The molecule has 1 amide bonds.